The van der Waals surface area contributed by atoms with Crippen LogP contribution in [0.3, 0.4) is 0 Å². The number of rotatable bonds is 0. The van der Waals surface area contributed by atoms with Crippen LogP contribution in [0.15, 0.2) is 4.99 Å². The highest BCUT2D eigenvalue weighted by Gasteiger charge is 2.06. The smallest absolute Gasteiger partial charge is 0.0847 e. The predicted octanol–water partition coefficient (Wildman–Crippen LogP) is 0.596. The van der Waals surface area contributed by atoms with Gasteiger partial charge in [-0.15, -0.1) is 0 Å². The van der Waals surface area contributed by atoms with Crippen molar-refractivity contribution in [2.24, 2.45) is 10.9 Å². The Kier molecular flexibility index (Phi) is 1.51. The SMILES string of the molecule is CC1CN=CN(C)C1. The Morgan fingerprint density at radius 3 is 2.88 bits per heavy atom. The van der Waals surface area contributed by atoms with Gasteiger partial charge in [-0.3, -0.25) is 4.99 Å². The molecule has 0 aromatic carbocycles. The van der Waals surface area contributed by atoms with Crippen molar-refractivity contribution in [3.8, 4) is 0 Å². The standard InChI is InChI=1S/C6H12N2/c1-6-3-7-5-8(2)4-6/h5-6H,3-4H2,1-2H3. The molecule has 0 aromatic heterocycles. The molecule has 0 radical (unpaired) electrons. The van der Waals surface area contributed by atoms with Crippen LogP contribution in [0, 0.1) is 5.92 Å². The van der Waals surface area contributed by atoms with E-state index in [1.807, 2.05) is 6.34 Å². The van der Waals surface area contributed by atoms with Crippen molar-refractivity contribution in [2.45, 2.75) is 6.92 Å². The number of aliphatic imine (C=N–C) groups is 1. The van der Waals surface area contributed by atoms with Crippen molar-refractivity contribution in [3.63, 3.8) is 0 Å². The summed E-state index contributed by atoms with van der Waals surface area (Å²) < 4.78 is 0. The third-order valence-electron chi connectivity index (χ3n) is 1.30. The Morgan fingerprint density at radius 1 is 1.75 bits per heavy atom. The molecular formula is C6H12N2. The van der Waals surface area contributed by atoms with E-state index in [-0.39, 0.29) is 0 Å². The Hall–Kier alpha value is -0.530. The molecule has 0 saturated heterocycles. The molecule has 0 spiro atoms. The zero-order chi connectivity index (χ0) is 5.98. The average Bonchev–Trinajstić information content (AvgIpc) is 1.64. The van der Waals surface area contributed by atoms with Crippen LogP contribution in [0.2, 0.25) is 0 Å². The van der Waals surface area contributed by atoms with Gasteiger partial charge >= 0.3 is 0 Å². The van der Waals surface area contributed by atoms with Crippen molar-refractivity contribution in [2.75, 3.05) is 20.1 Å². The molecule has 0 bridgehead atoms. The number of hydrogen-bond acceptors (Lipinski definition) is 2. The van der Waals surface area contributed by atoms with Gasteiger partial charge in [-0.1, -0.05) is 6.92 Å². The third-order valence-corrected chi connectivity index (χ3v) is 1.30. The number of hydrogen-bond donors (Lipinski definition) is 0. The van der Waals surface area contributed by atoms with Gasteiger partial charge in [0.15, 0.2) is 0 Å². The molecule has 0 aliphatic carbocycles. The van der Waals surface area contributed by atoms with E-state index in [1.54, 1.807) is 0 Å². The molecule has 1 rings (SSSR count). The fourth-order valence-corrected chi connectivity index (χ4v) is 0.963. The van der Waals surface area contributed by atoms with Gasteiger partial charge in [0.25, 0.3) is 0 Å². The van der Waals surface area contributed by atoms with Crippen molar-refractivity contribution in [1.29, 1.82) is 0 Å². The Morgan fingerprint density at radius 2 is 2.50 bits per heavy atom. The van der Waals surface area contributed by atoms with Crippen LogP contribution in [-0.4, -0.2) is 31.4 Å². The maximum atomic E-state index is 4.14. The summed E-state index contributed by atoms with van der Waals surface area (Å²) >= 11 is 0. The second-order valence-corrected chi connectivity index (χ2v) is 2.53. The van der Waals surface area contributed by atoms with E-state index in [2.05, 4.69) is 23.9 Å². The quantitative estimate of drug-likeness (QED) is 0.448. The molecule has 46 valence electrons. The topological polar surface area (TPSA) is 15.6 Å². The Bertz CT molecular complexity index is 98.7. The maximum Gasteiger partial charge on any atom is 0.0847 e. The molecule has 0 N–H and O–H groups in total. The average molecular weight is 112 g/mol. The number of nitrogens with zero attached hydrogens (tertiary/aromatic N) is 2. The van der Waals surface area contributed by atoms with Gasteiger partial charge < -0.3 is 4.90 Å². The summed E-state index contributed by atoms with van der Waals surface area (Å²) in [5.74, 6) is 0.741. The van der Waals surface area contributed by atoms with Crippen molar-refractivity contribution in [3.05, 3.63) is 0 Å². The van der Waals surface area contributed by atoms with Gasteiger partial charge in [0.1, 0.15) is 0 Å². The molecule has 1 aliphatic heterocycles. The molecule has 2 nitrogen and oxygen atoms in total. The Balaban J connectivity index is 2.42. The lowest BCUT2D eigenvalue weighted by Gasteiger charge is -2.21. The molecule has 0 amide bonds. The first-order valence-electron chi connectivity index (χ1n) is 2.99. The fraction of sp³-hybridized carbons (Fsp3) is 0.833. The summed E-state index contributed by atoms with van der Waals surface area (Å²) in [4.78, 5) is 6.26. The van der Waals surface area contributed by atoms with E-state index >= 15 is 0 Å². The lowest BCUT2D eigenvalue weighted by atomic mass is 10.1. The molecule has 0 saturated carbocycles. The molecule has 8 heavy (non-hydrogen) atoms. The molecule has 2 heteroatoms. The molecule has 0 fully saturated rings. The molecular weight excluding hydrogens is 100 g/mol. The van der Waals surface area contributed by atoms with Gasteiger partial charge in [0.05, 0.1) is 6.34 Å². The highest BCUT2D eigenvalue weighted by molar-refractivity contribution is 5.55. The predicted molar refractivity (Wildman–Crippen MR) is 35.2 cm³/mol. The minimum absolute atomic E-state index is 0.741. The minimum atomic E-state index is 0.741. The molecule has 1 atom stereocenters. The van der Waals surface area contributed by atoms with Crippen molar-refractivity contribution >= 4 is 6.34 Å². The highest BCUT2D eigenvalue weighted by atomic mass is 15.1. The summed E-state index contributed by atoms with van der Waals surface area (Å²) in [6, 6.07) is 0. The summed E-state index contributed by atoms with van der Waals surface area (Å²) in [5, 5.41) is 0. The van der Waals surface area contributed by atoms with Crippen LogP contribution in [0.5, 0.6) is 0 Å². The van der Waals surface area contributed by atoms with E-state index in [9.17, 15) is 0 Å². The second-order valence-electron chi connectivity index (χ2n) is 2.53. The zero-order valence-corrected chi connectivity index (χ0v) is 5.46. The van der Waals surface area contributed by atoms with Crippen LogP contribution in [-0.2, 0) is 0 Å². The van der Waals surface area contributed by atoms with Gasteiger partial charge in [-0.25, -0.2) is 0 Å². The lowest BCUT2D eigenvalue weighted by Crippen LogP contribution is -2.28. The highest BCUT2D eigenvalue weighted by Crippen LogP contribution is 2.00. The monoisotopic (exact) mass is 112 g/mol. The van der Waals surface area contributed by atoms with Crippen LogP contribution in [0.1, 0.15) is 6.92 Å². The summed E-state index contributed by atoms with van der Waals surface area (Å²) in [6.45, 7) is 4.38. The molecule has 0 aromatic rings. The summed E-state index contributed by atoms with van der Waals surface area (Å²) in [5.41, 5.74) is 0. The van der Waals surface area contributed by atoms with Gasteiger partial charge in [-0.05, 0) is 5.92 Å². The largest absolute Gasteiger partial charge is 0.366 e. The van der Waals surface area contributed by atoms with Gasteiger partial charge in [-0.2, -0.15) is 0 Å². The van der Waals surface area contributed by atoms with Crippen LogP contribution in [0.25, 0.3) is 0 Å². The van der Waals surface area contributed by atoms with E-state index in [0.29, 0.717) is 0 Å². The fourth-order valence-electron chi connectivity index (χ4n) is 0.963. The summed E-state index contributed by atoms with van der Waals surface area (Å²) in [6.07, 6.45) is 1.90. The minimum Gasteiger partial charge on any atom is -0.366 e. The van der Waals surface area contributed by atoms with Crippen LogP contribution < -0.4 is 0 Å². The first-order valence-corrected chi connectivity index (χ1v) is 2.99. The molecule has 1 unspecified atom stereocenters. The van der Waals surface area contributed by atoms with E-state index in [0.717, 1.165) is 19.0 Å². The molecule has 1 heterocycles. The first-order chi connectivity index (χ1) is 3.79. The second kappa shape index (κ2) is 2.16. The lowest BCUT2D eigenvalue weighted by molar-refractivity contribution is 0.395. The zero-order valence-electron chi connectivity index (χ0n) is 5.46. The van der Waals surface area contributed by atoms with Gasteiger partial charge in [0, 0.05) is 20.1 Å². The molecule has 1 aliphatic rings. The van der Waals surface area contributed by atoms with Crippen LogP contribution in [0.4, 0.5) is 0 Å². The summed E-state index contributed by atoms with van der Waals surface area (Å²) in [7, 11) is 2.05. The van der Waals surface area contributed by atoms with E-state index in [1.165, 1.54) is 0 Å². The third kappa shape index (κ3) is 1.22. The maximum absolute atomic E-state index is 4.14. The van der Waals surface area contributed by atoms with Crippen LogP contribution >= 0.6 is 0 Å². The van der Waals surface area contributed by atoms with E-state index < -0.39 is 0 Å². The van der Waals surface area contributed by atoms with E-state index in [4.69, 9.17) is 0 Å². The normalized spacial score (nSPS) is 28.8. The Labute approximate surface area is 50.2 Å². The van der Waals surface area contributed by atoms with Crippen molar-refractivity contribution in [1.82, 2.24) is 4.90 Å². The van der Waals surface area contributed by atoms with Gasteiger partial charge in [0.2, 0.25) is 0 Å². The first kappa shape index (κ1) is 5.60. The van der Waals surface area contributed by atoms with Crippen molar-refractivity contribution < 1.29 is 0 Å².